The zero-order valence-electron chi connectivity index (χ0n) is 16.8. The third-order valence-corrected chi connectivity index (χ3v) is 9.88. The van der Waals surface area contributed by atoms with E-state index < -0.39 is 0 Å². The van der Waals surface area contributed by atoms with Gasteiger partial charge in [0, 0.05) is 43.5 Å². The zero-order chi connectivity index (χ0) is 19.4. The SMILES string of the molecule is COC(=O)N1C[C@H]2CC[C@@H](OC)[C@@]34[C@@H]1[C@@H](C[C@@H]23)[C@@]12CC(OC)=CC(=O)[C@@H]1C[C@H]24. The van der Waals surface area contributed by atoms with Crippen molar-refractivity contribution < 1.29 is 23.8 Å². The van der Waals surface area contributed by atoms with Crippen molar-refractivity contribution in [2.24, 2.45) is 40.4 Å². The first kappa shape index (κ1) is 17.3. The maximum Gasteiger partial charge on any atom is 0.409 e. The van der Waals surface area contributed by atoms with Crippen LogP contribution in [0.25, 0.3) is 0 Å². The molecule has 9 atom stereocenters. The molecular formula is C22H29NO5. The number of allylic oxidation sites excluding steroid dienone is 2. The maximum absolute atomic E-state index is 12.9. The number of piperidine rings is 1. The second-order valence-electron chi connectivity index (χ2n) is 9.92. The summed E-state index contributed by atoms with van der Waals surface area (Å²) < 4.78 is 17.0. The van der Waals surface area contributed by atoms with Crippen LogP contribution in [-0.4, -0.2) is 56.8 Å². The van der Waals surface area contributed by atoms with E-state index in [2.05, 4.69) is 0 Å². The molecule has 6 rings (SSSR count). The minimum absolute atomic E-state index is 0.0260. The number of rotatable bonds is 2. The van der Waals surface area contributed by atoms with Gasteiger partial charge in [0.1, 0.15) is 0 Å². The predicted octanol–water partition coefficient (Wildman–Crippen LogP) is 2.62. The van der Waals surface area contributed by atoms with Crippen LogP contribution in [-0.2, 0) is 19.0 Å². The molecule has 1 heterocycles. The molecule has 2 spiro atoms. The lowest BCUT2D eigenvalue weighted by Gasteiger charge is -2.67. The number of nitrogens with zero attached hydrogens (tertiary/aromatic N) is 1. The predicted molar refractivity (Wildman–Crippen MR) is 99.2 cm³/mol. The smallest absolute Gasteiger partial charge is 0.409 e. The summed E-state index contributed by atoms with van der Waals surface area (Å²) >= 11 is 0. The van der Waals surface area contributed by atoms with Crippen LogP contribution in [0.1, 0.15) is 32.1 Å². The van der Waals surface area contributed by atoms with Crippen LogP contribution in [0.15, 0.2) is 11.8 Å². The Morgan fingerprint density at radius 3 is 2.71 bits per heavy atom. The van der Waals surface area contributed by atoms with E-state index in [0.29, 0.717) is 23.7 Å². The minimum Gasteiger partial charge on any atom is -0.501 e. The highest BCUT2D eigenvalue weighted by Crippen LogP contribution is 2.84. The summed E-state index contributed by atoms with van der Waals surface area (Å²) in [5.74, 6) is 3.02. The minimum atomic E-state index is -0.208. The van der Waals surface area contributed by atoms with Gasteiger partial charge in [-0.15, -0.1) is 0 Å². The number of methoxy groups -OCH3 is 3. The summed E-state index contributed by atoms with van der Waals surface area (Å²) in [7, 11) is 4.99. The Kier molecular flexibility index (Phi) is 3.29. The van der Waals surface area contributed by atoms with Gasteiger partial charge in [0.2, 0.25) is 0 Å². The molecule has 0 aromatic heterocycles. The van der Waals surface area contributed by atoms with Gasteiger partial charge in [0.25, 0.3) is 0 Å². The Bertz CT molecular complexity index is 794. The van der Waals surface area contributed by atoms with Crippen LogP contribution >= 0.6 is 0 Å². The van der Waals surface area contributed by atoms with Crippen LogP contribution in [0.2, 0.25) is 0 Å². The first-order chi connectivity index (χ1) is 13.5. The van der Waals surface area contributed by atoms with Crippen molar-refractivity contribution in [3.63, 3.8) is 0 Å². The summed E-state index contributed by atoms with van der Waals surface area (Å²) in [4.78, 5) is 27.8. The van der Waals surface area contributed by atoms with Crippen LogP contribution in [0.5, 0.6) is 0 Å². The Morgan fingerprint density at radius 2 is 2.00 bits per heavy atom. The quantitative estimate of drug-likeness (QED) is 0.729. The van der Waals surface area contributed by atoms with Gasteiger partial charge in [0.05, 0.1) is 26.1 Å². The molecule has 1 amide bonds. The van der Waals surface area contributed by atoms with E-state index in [-0.39, 0.29) is 40.8 Å². The van der Waals surface area contributed by atoms with Gasteiger partial charge < -0.3 is 19.1 Å². The Balaban J connectivity index is 1.53. The molecule has 1 saturated heterocycles. The normalized spacial score (nSPS) is 52.4. The van der Waals surface area contributed by atoms with Crippen LogP contribution in [0.3, 0.4) is 0 Å². The van der Waals surface area contributed by atoms with Crippen molar-refractivity contribution in [2.45, 2.75) is 44.2 Å². The van der Waals surface area contributed by atoms with Gasteiger partial charge in [-0.05, 0) is 54.8 Å². The lowest BCUT2D eigenvalue weighted by atomic mass is 9.37. The average molecular weight is 387 g/mol. The number of likely N-dealkylation sites (tertiary alicyclic amines) is 1. The van der Waals surface area contributed by atoms with E-state index in [9.17, 15) is 9.59 Å². The number of hydrogen-bond donors (Lipinski definition) is 0. The second-order valence-corrected chi connectivity index (χ2v) is 9.92. The van der Waals surface area contributed by atoms with E-state index in [1.54, 1.807) is 13.2 Å². The topological polar surface area (TPSA) is 65.1 Å². The van der Waals surface area contributed by atoms with Gasteiger partial charge in [-0.1, -0.05) is 0 Å². The molecule has 6 aliphatic rings. The molecule has 5 fully saturated rings. The molecule has 1 aliphatic heterocycles. The molecule has 5 aliphatic carbocycles. The van der Waals surface area contributed by atoms with Crippen molar-refractivity contribution in [3.05, 3.63) is 11.8 Å². The summed E-state index contributed by atoms with van der Waals surface area (Å²) in [6.07, 6.45) is 6.73. The Morgan fingerprint density at radius 1 is 1.18 bits per heavy atom. The lowest BCUT2D eigenvalue weighted by Crippen LogP contribution is -2.69. The van der Waals surface area contributed by atoms with Gasteiger partial charge in [-0.25, -0.2) is 4.79 Å². The van der Waals surface area contributed by atoms with Crippen molar-refractivity contribution in [2.75, 3.05) is 27.9 Å². The van der Waals surface area contributed by atoms with Crippen LogP contribution < -0.4 is 0 Å². The molecule has 4 saturated carbocycles. The van der Waals surface area contributed by atoms with Gasteiger partial charge in [0.15, 0.2) is 5.78 Å². The number of amides is 1. The first-order valence-electron chi connectivity index (χ1n) is 10.7. The summed E-state index contributed by atoms with van der Waals surface area (Å²) in [5, 5.41) is 0. The molecule has 6 heteroatoms. The molecular weight excluding hydrogens is 358 g/mol. The largest absolute Gasteiger partial charge is 0.501 e. The summed E-state index contributed by atoms with van der Waals surface area (Å²) in [6, 6.07) is 0.130. The monoisotopic (exact) mass is 387 g/mol. The molecule has 0 unspecified atom stereocenters. The molecule has 6 nitrogen and oxygen atoms in total. The van der Waals surface area contributed by atoms with Gasteiger partial charge in [-0.2, -0.15) is 0 Å². The van der Waals surface area contributed by atoms with E-state index in [4.69, 9.17) is 14.2 Å². The highest BCUT2D eigenvalue weighted by Gasteiger charge is 2.86. The molecule has 5 bridgehead atoms. The summed E-state index contributed by atoms with van der Waals surface area (Å²) in [6.45, 7) is 0.797. The average Bonchev–Trinajstić information content (AvgIpc) is 2.98. The second kappa shape index (κ2) is 5.32. The fourth-order valence-corrected chi connectivity index (χ4v) is 9.37. The number of ketones is 1. The van der Waals surface area contributed by atoms with Gasteiger partial charge in [-0.3, -0.25) is 4.79 Å². The van der Waals surface area contributed by atoms with Crippen LogP contribution in [0, 0.1) is 40.4 Å². The number of carbonyl (C=O) groups is 2. The van der Waals surface area contributed by atoms with Crippen molar-refractivity contribution in [1.29, 1.82) is 0 Å². The Labute approximate surface area is 165 Å². The standard InChI is InChI=1S/C22H29NO5/c1-26-12-6-16(24)14-8-17-21(14,9-12)15-7-13-11-4-5-18(27-2)22(13,17)19(15)23(10-11)20(25)28-3/h6,11,13-15,17-19H,4-5,7-10H2,1-3H3/t11-,13+,14+,15-,17-,18-,19+,21-,22-/m1/s1. The van der Waals surface area contributed by atoms with E-state index in [1.807, 2.05) is 12.0 Å². The van der Waals surface area contributed by atoms with Crippen LogP contribution in [0.4, 0.5) is 4.79 Å². The van der Waals surface area contributed by atoms with E-state index >= 15 is 0 Å². The fourth-order valence-electron chi connectivity index (χ4n) is 9.37. The van der Waals surface area contributed by atoms with Gasteiger partial charge >= 0.3 is 6.09 Å². The maximum atomic E-state index is 12.9. The number of hydrogen-bond acceptors (Lipinski definition) is 5. The third-order valence-electron chi connectivity index (χ3n) is 9.88. The fraction of sp³-hybridized carbons (Fsp3) is 0.818. The molecule has 0 radical (unpaired) electrons. The number of carbonyl (C=O) groups excluding carboxylic acids is 2. The van der Waals surface area contributed by atoms with Crippen molar-refractivity contribution in [1.82, 2.24) is 4.90 Å². The highest BCUT2D eigenvalue weighted by atomic mass is 16.5. The van der Waals surface area contributed by atoms with E-state index in [1.165, 1.54) is 7.11 Å². The lowest BCUT2D eigenvalue weighted by molar-refractivity contribution is -0.222. The molecule has 0 N–H and O–H groups in total. The molecule has 152 valence electrons. The summed E-state index contributed by atoms with van der Waals surface area (Å²) in [5.41, 5.74) is -0.0879. The highest BCUT2D eigenvalue weighted by molar-refractivity contribution is 5.95. The third kappa shape index (κ3) is 1.57. The Hall–Kier alpha value is -1.56. The number of ether oxygens (including phenoxy) is 3. The van der Waals surface area contributed by atoms with Crippen molar-refractivity contribution >= 4 is 11.9 Å². The molecule has 0 aromatic rings. The molecule has 28 heavy (non-hydrogen) atoms. The molecule has 0 aromatic carbocycles. The first-order valence-corrected chi connectivity index (χ1v) is 10.7. The van der Waals surface area contributed by atoms with Crippen molar-refractivity contribution in [3.8, 4) is 0 Å². The van der Waals surface area contributed by atoms with E-state index in [0.717, 1.165) is 44.4 Å². The zero-order valence-corrected chi connectivity index (χ0v) is 16.8.